The van der Waals surface area contributed by atoms with Gasteiger partial charge < -0.3 is 11.1 Å². The molecule has 4 nitrogen and oxygen atoms in total. The van der Waals surface area contributed by atoms with Crippen molar-refractivity contribution in [2.75, 3.05) is 5.73 Å². The summed E-state index contributed by atoms with van der Waals surface area (Å²) in [5, 5.41) is 3.17. The van der Waals surface area contributed by atoms with Gasteiger partial charge in [0.05, 0.1) is 5.56 Å². The fraction of sp³-hybridized carbons (Fsp3) is 0.571. The predicted octanol–water partition coefficient (Wildman–Crippen LogP) is 1.97. The summed E-state index contributed by atoms with van der Waals surface area (Å²) in [5.41, 5.74) is 6.12. The van der Waals surface area contributed by atoms with Crippen LogP contribution < -0.4 is 11.1 Å². The van der Waals surface area contributed by atoms with E-state index in [0.29, 0.717) is 23.3 Å². The number of aromatic nitrogens is 1. The minimum absolute atomic E-state index is 0.0138. The molecule has 96 valence electrons. The third kappa shape index (κ3) is 2.07. The number of fused-ring (bicyclic) bond motifs is 1. The largest absolute Gasteiger partial charge is 0.384 e. The number of rotatable bonds is 2. The first kappa shape index (κ1) is 11.5. The van der Waals surface area contributed by atoms with E-state index in [9.17, 15) is 4.79 Å². The van der Waals surface area contributed by atoms with Crippen LogP contribution in [0.2, 0.25) is 0 Å². The van der Waals surface area contributed by atoms with E-state index in [-0.39, 0.29) is 5.91 Å². The Morgan fingerprint density at radius 2 is 2.17 bits per heavy atom. The lowest BCUT2D eigenvalue weighted by Crippen LogP contribution is -2.37. The summed E-state index contributed by atoms with van der Waals surface area (Å²) in [4.78, 5) is 16.1. The number of carbonyl (C=O) groups excluding carboxylic acids is 1. The van der Waals surface area contributed by atoms with Gasteiger partial charge in [0.1, 0.15) is 5.82 Å². The zero-order valence-corrected chi connectivity index (χ0v) is 10.4. The van der Waals surface area contributed by atoms with Crippen molar-refractivity contribution in [2.24, 2.45) is 11.8 Å². The molecule has 4 heteroatoms. The van der Waals surface area contributed by atoms with E-state index < -0.39 is 0 Å². The van der Waals surface area contributed by atoms with Crippen molar-refractivity contribution in [3.05, 3.63) is 23.9 Å². The molecule has 0 spiro atoms. The summed E-state index contributed by atoms with van der Waals surface area (Å²) < 4.78 is 0. The molecule has 0 unspecified atom stereocenters. The Morgan fingerprint density at radius 1 is 1.28 bits per heavy atom. The highest BCUT2D eigenvalue weighted by atomic mass is 16.1. The van der Waals surface area contributed by atoms with Gasteiger partial charge in [-0.25, -0.2) is 4.98 Å². The average molecular weight is 245 g/mol. The molecule has 3 rings (SSSR count). The molecule has 0 radical (unpaired) electrons. The van der Waals surface area contributed by atoms with Crippen LogP contribution in [0.25, 0.3) is 0 Å². The van der Waals surface area contributed by atoms with Crippen LogP contribution >= 0.6 is 0 Å². The topological polar surface area (TPSA) is 68.0 Å². The van der Waals surface area contributed by atoms with E-state index in [1.807, 2.05) is 0 Å². The Morgan fingerprint density at radius 3 is 2.94 bits per heavy atom. The van der Waals surface area contributed by atoms with Crippen molar-refractivity contribution in [1.82, 2.24) is 10.3 Å². The van der Waals surface area contributed by atoms with E-state index in [2.05, 4.69) is 10.3 Å². The maximum absolute atomic E-state index is 12.1. The van der Waals surface area contributed by atoms with Gasteiger partial charge in [-0.3, -0.25) is 4.79 Å². The molecule has 18 heavy (non-hydrogen) atoms. The van der Waals surface area contributed by atoms with Gasteiger partial charge in [-0.05, 0) is 43.2 Å². The predicted molar refractivity (Wildman–Crippen MR) is 70.0 cm³/mol. The molecule has 2 aliphatic carbocycles. The van der Waals surface area contributed by atoms with Gasteiger partial charge in [0, 0.05) is 12.2 Å². The lowest BCUT2D eigenvalue weighted by molar-refractivity contribution is 0.0926. The van der Waals surface area contributed by atoms with Crippen molar-refractivity contribution in [3.8, 4) is 0 Å². The van der Waals surface area contributed by atoms with Crippen molar-refractivity contribution in [2.45, 2.75) is 38.1 Å². The molecule has 1 aromatic rings. The molecule has 1 aromatic heterocycles. The Labute approximate surface area is 107 Å². The fourth-order valence-electron chi connectivity index (χ4n) is 3.53. The van der Waals surface area contributed by atoms with Gasteiger partial charge >= 0.3 is 0 Å². The number of hydrogen-bond acceptors (Lipinski definition) is 3. The molecule has 3 atom stereocenters. The van der Waals surface area contributed by atoms with Crippen LogP contribution in [0.5, 0.6) is 0 Å². The van der Waals surface area contributed by atoms with E-state index >= 15 is 0 Å². The second-order valence-corrected chi connectivity index (χ2v) is 5.48. The normalized spacial score (nSPS) is 30.1. The van der Waals surface area contributed by atoms with E-state index in [4.69, 9.17) is 5.73 Å². The van der Waals surface area contributed by atoms with Gasteiger partial charge in [0.15, 0.2) is 0 Å². The summed E-state index contributed by atoms with van der Waals surface area (Å²) in [6, 6.07) is 3.77. The minimum Gasteiger partial charge on any atom is -0.384 e. The Hall–Kier alpha value is -1.58. The molecule has 3 N–H and O–H groups in total. The van der Waals surface area contributed by atoms with Crippen LogP contribution in [-0.2, 0) is 0 Å². The van der Waals surface area contributed by atoms with Gasteiger partial charge in [0.2, 0.25) is 0 Å². The second kappa shape index (κ2) is 4.59. The number of nitrogens with zero attached hydrogens (tertiary/aromatic N) is 1. The average Bonchev–Trinajstić information content (AvgIpc) is 2.95. The summed E-state index contributed by atoms with van der Waals surface area (Å²) >= 11 is 0. The van der Waals surface area contributed by atoms with E-state index in [0.717, 1.165) is 12.3 Å². The standard InChI is InChI=1S/C14H19N3O/c15-13-7-5-10(8-16-13)14(18)17-12-6-4-9-2-1-3-11(9)12/h5,7-9,11-12H,1-4,6H2,(H2,15,16)(H,17,18)/t9-,11-,12-/m0/s1. The number of hydrogen-bond donors (Lipinski definition) is 2. The molecule has 2 aliphatic rings. The van der Waals surface area contributed by atoms with Crippen molar-refractivity contribution >= 4 is 11.7 Å². The Kier molecular flexibility index (Phi) is 2.94. The third-order valence-corrected chi connectivity index (χ3v) is 4.45. The summed E-state index contributed by atoms with van der Waals surface area (Å²) in [6.07, 6.45) is 7.89. The number of nitrogen functional groups attached to an aromatic ring is 1. The third-order valence-electron chi connectivity index (χ3n) is 4.45. The lowest BCUT2D eigenvalue weighted by atomic mass is 9.97. The first-order valence-corrected chi connectivity index (χ1v) is 6.76. The molecule has 1 heterocycles. The fourth-order valence-corrected chi connectivity index (χ4v) is 3.53. The van der Waals surface area contributed by atoms with Crippen LogP contribution in [0, 0.1) is 11.8 Å². The highest BCUT2D eigenvalue weighted by Crippen LogP contribution is 2.43. The number of nitrogens with one attached hydrogen (secondary N) is 1. The monoisotopic (exact) mass is 245 g/mol. The highest BCUT2D eigenvalue weighted by molar-refractivity contribution is 5.94. The zero-order chi connectivity index (χ0) is 12.5. The van der Waals surface area contributed by atoms with Gasteiger partial charge in [-0.2, -0.15) is 0 Å². The van der Waals surface area contributed by atoms with Gasteiger partial charge in [-0.15, -0.1) is 0 Å². The Balaban J connectivity index is 1.66. The number of amides is 1. The summed E-state index contributed by atoms with van der Waals surface area (Å²) in [5.74, 6) is 1.99. The van der Waals surface area contributed by atoms with Crippen LogP contribution in [0.1, 0.15) is 42.5 Å². The van der Waals surface area contributed by atoms with Crippen molar-refractivity contribution in [1.29, 1.82) is 0 Å². The van der Waals surface area contributed by atoms with Crippen LogP contribution in [0.3, 0.4) is 0 Å². The molecule has 0 aliphatic heterocycles. The van der Waals surface area contributed by atoms with Crippen LogP contribution in [0.4, 0.5) is 5.82 Å². The molecular formula is C14H19N3O. The molecular weight excluding hydrogens is 226 g/mol. The van der Waals surface area contributed by atoms with Crippen LogP contribution in [0.15, 0.2) is 18.3 Å². The number of nitrogens with two attached hydrogens (primary N) is 1. The van der Waals surface area contributed by atoms with Gasteiger partial charge in [0.25, 0.3) is 5.91 Å². The zero-order valence-electron chi connectivity index (χ0n) is 10.4. The SMILES string of the molecule is Nc1ccc(C(=O)N[C@H]2CC[C@@H]3CCC[C@@H]32)cn1. The molecule has 0 saturated heterocycles. The lowest BCUT2D eigenvalue weighted by Gasteiger charge is -2.19. The summed E-state index contributed by atoms with van der Waals surface area (Å²) in [6.45, 7) is 0. The van der Waals surface area contributed by atoms with Crippen LogP contribution in [-0.4, -0.2) is 16.9 Å². The van der Waals surface area contributed by atoms with E-state index in [1.165, 1.54) is 25.7 Å². The first-order chi connectivity index (χ1) is 8.74. The number of anilines is 1. The summed E-state index contributed by atoms with van der Waals surface area (Å²) in [7, 11) is 0. The molecule has 0 aromatic carbocycles. The first-order valence-electron chi connectivity index (χ1n) is 6.76. The van der Waals surface area contributed by atoms with Crippen molar-refractivity contribution in [3.63, 3.8) is 0 Å². The highest BCUT2D eigenvalue weighted by Gasteiger charge is 2.39. The maximum atomic E-state index is 12.1. The number of carbonyl (C=O) groups is 1. The molecule has 2 fully saturated rings. The molecule has 0 bridgehead atoms. The maximum Gasteiger partial charge on any atom is 0.253 e. The molecule has 2 saturated carbocycles. The smallest absolute Gasteiger partial charge is 0.253 e. The minimum atomic E-state index is -0.0138. The van der Waals surface area contributed by atoms with Crippen molar-refractivity contribution < 1.29 is 4.79 Å². The van der Waals surface area contributed by atoms with E-state index in [1.54, 1.807) is 18.3 Å². The number of pyridine rings is 1. The quantitative estimate of drug-likeness (QED) is 0.837. The second-order valence-electron chi connectivity index (χ2n) is 5.48. The molecule has 1 amide bonds. The van der Waals surface area contributed by atoms with Gasteiger partial charge in [-0.1, -0.05) is 12.8 Å². The Bertz CT molecular complexity index is 443.